The lowest BCUT2D eigenvalue weighted by Gasteiger charge is -2.30. The zero-order valence-corrected chi connectivity index (χ0v) is 9.81. The van der Waals surface area contributed by atoms with Crippen LogP contribution in [0.1, 0.15) is 25.5 Å². The van der Waals surface area contributed by atoms with Gasteiger partial charge >= 0.3 is 0 Å². The van der Waals surface area contributed by atoms with E-state index in [4.69, 9.17) is 11.6 Å². The highest BCUT2D eigenvalue weighted by Gasteiger charge is 2.18. The molecule has 0 spiro atoms. The number of hydrogen-bond donors (Lipinski definition) is 0. The van der Waals surface area contributed by atoms with Crippen molar-refractivity contribution in [1.82, 2.24) is 14.5 Å². The van der Waals surface area contributed by atoms with Gasteiger partial charge in [0.05, 0.1) is 0 Å². The topological polar surface area (TPSA) is 29.0 Å². The van der Waals surface area contributed by atoms with Crippen LogP contribution < -0.4 is 0 Å². The predicted molar refractivity (Wildman–Crippen MR) is 58.6 cm³/mol. The molecule has 78 valence electrons. The van der Waals surface area contributed by atoms with Crippen molar-refractivity contribution in [1.29, 1.82) is 0 Å². The second kappa shape index (κ2) is 4.55. The quantitative estimate of drug-likeness (QED) is 0.783. The molecule has 0 amide bonds. The third-order valence-electron chi connectivity index (χ3n) is 2.62. The lowest BCUT2D eigenvalue weighted by molar-refractivity contribution is 0.175. The number of nitrogens with zero attached hydrogens (tertiary/aromatic N) is 3. The number of piperidine rings is 1. The molecule has 0 saturated carbocycles. The summed E-state index contributed by atoms with van der Waals surface area (Å²) in [7, 11) is 0. The third kappa shape index (κ3) is 2.43. The van der Waals surface area contributed by atoms with Crippen molar-refractivity contribution in [2.45, 2.75) is 26.3 Å². The minimum absolute atomic E-state index is 0.739. The maximum atomic E-state index is 5.96. The molecule has 1 aliphatic heterocycles. The Balaban J connectivity index is 1.94. The fourth-order valence-corrected chi connectivity index (χ4v) is 2.55. The van der Waals surface area contributed by atoms with E-state index >= 15 is 0 Å². The highest BCUT2D eigenvalue weighted by molar-refractivity contribution is 7.10. The van der Waals surface area contributed by atoms with Crippen molar-refractivity contribution in [3.8, 4) is 0 Å². The fraction of sp³-hybridized carbons (Fsp3) is 0.778. The molecule has 0 aromatic carbocycles. The largest absolute Gasteiger partial charge is 0.297 e. The van der Waals surface area contributed by atoms with Crippen LogP contribution >= 0.6 is 23.1 Å². The molecule has 2 heterocycles. The Kier molecular flexibility index (Phi) is 3.36. The van der Waals surface area contributed by atoms with E-state index in [1.165, 1.54) is 24.4 Å². The van der Waals surface area contributed by atoms with E-state index in [-0.39, 0.29) is 0 Å². The number of halogens is 1. The van der Waals surface area contributed by atoms with Gasteiger partial charge in [-0.1, -0.05) is 23.0 Å². The second-order valence-electron chi connectivity index (χ2n) is 3.98. The smallest absolute Gasteiger partial charge is 0.138 e. The normalized spacial score (nSPS) is 24.0. The van der Waals surface area contributed by atoms with E-state index in [1.54, 1.807) is 0 Å². The Bertz CT molecular complexity index is 302. The molecule has 1 aliphatic rings. The predicted octanol–water partition coefficient (Wildman–Crippen LogP) is 2.42. The molecule has 1 saturated heterocycles. The molecule has 1 fully saturated rings. The van der Waals surface area contributed by atoms with Gasteiger partial charge in [-0.25, -0.2) is 0 Å². The Hall–Kier alpha value is -0.190. The zero-order chi connectivity index (χ0) is 9.97. The molecule has 0 unspecified atom stereocenters. The first kappa shape index (κ1) is 10.3. The molecule has 0 bridgehead atoms. The Morgan fingerprint density at radius 2 is 2.50 bits per heavy atom. The SMILES string of the molecule is C[C@@H]1CCCN(Cc2nnsc2Cl)C1. The highest BCUT2D eigenvalue weighted by atomic mass is 35.5. The van der Waals surface area contributed by atoms with Gasteiger partial charge in [-0.05, 0) is 25.3 Å². The fourth-order valence-electron chi connectivity index (χ4n) is 1.93. The highest BCUT2D eigenvalue weighted by Crippen LogP contribution is 2.22. The van der Waals surface area contributed by atoms with Gasteiger partial charge in [-0.15, -0.1) is 5.10 Å². The first-order chi connectivity index (χ1) is 6.75. The summed E-state index contributed by atoms with van der Waals surface area (Å²) in [5.41, 5.74) is 0.936. The summed E-state index contributed by atoms with van der Waals surface area (Å²) >= 11 is 7.23. The van der Waals surface area contributed by atoms with E-state index in [0.717, 1.165) is 35.6 Å². The van der Waals surface area contributed by atoms with Crippen LogP contribution in [0.2, 0.25) is 4.34 Å². The first-order valence-corrected chi connectivity index (χ1v) is 6.10. The van der Waals surface area contributed by atoms with Crippen molar-refractivity contribution >= 4 is 23.1 Å². The standard InChI is InChI=1S/C9H14ClN3S/c1-7-3-2-4-13(5-7)6-8-9(10)14-12-11-8/h7H,2-6H2,1H3/t7-/m1/s1. The average Bonchev–Trinajstić information content (AvgIpc) is 2.52. The number of aromatic nitrogens is 2. The Morgan fingerprint density at radius 3 is 3.14 bits per heavy atom. The van der Waals surface area contributed by atoms with Crippen LogP contribution in [0.3, 0.4) is 0 Å². The molecule has 14 heavy (non-hydrogen) atoms. The minimum atomic E-state index is 0.739. The van der Waals surface area contributed by atoms with Gasteiger partial charge in [0, 0.05) is 24.6 Å². The zero-order valence-electron chi connectivity index (χ0n) is 8.24. The Morgan fingerprint density at radius 1 is 1.64 bits per heavy atom. The van der Waals surface area contributed by atoms with Crippen LogP contribution in [-0.2, 0) is 6.54 Å². The number of rotatable bonds is 2. The van der Waals surface area contributed by atoms with E-state index in [2.05, 4.69) is 21.4 Å². The van der Waals surface area contributed by atoms with Crippen LogP contribution in [-0.4, -0.2) is 27.6 Å². The van der Waals surface area contributed by atoms with Crippen molar-refractivity contribution in [2.24, 2.45) is 5.92 Å². The van der Waals surface area contributed by atoms with Gasteiger partial charge in [0.2, 0.25) is 0 Å². The maximum Gasteiger partial charge on any atom is 0.138 e. The van der Waals surface area contributed by atoms with E-state index in [0.29, 0.717) is 0 Å². The first-order valence-electron chi connectivity index (χ1n) is 4.95. The van der Waals surface area contributed by atoms with E-state index in [9.17, 15) is 0 Å². The van der Waals surface area contributed by atoms with Gasteiger partial charge in [0.15, 0.2) is 0 Å². The number of likely N-dealkylation sites (tertiary alicyclic amines) is 1. The second-order valence-corrected chi connectivity index (χ2v) is 5.33. The summed E-state index contributed by atoms with van der Waals surface area (Å²) < 4.78 is 4.58. The van der Waals surface area contributed by atoms with Gasteiger partial charge < -0.3 is 0 Å². The van der Waals surface area contributed by atoms with Crippen LogP contribution in [0.5, 0.6) is 0 Å². The molecule has 0 N–H and O–H groups in total. The average molecular weight is 232 g/mol. The summed E-state index contributed by atoms with van der Waals surface area (Å²) in [4.78, 5) is 2.41. The van der Waals surface area contributed by atoms with Gasteiger partial charge in [-0.2, -0.15) is 0 Å². The molecular formula is C9H14ClN3S. The van der Waals surface area contributed by atoms with E-state index < -0.39 is 0 Å². The van der Waals surface area contributed by atoms with Crippen molar-refractivity contribution in [3.63, 3.8) is 0 Å². The molecule has 5 heteroatoms. The molecule has 1 aromatic rings. The van der Waals surface area contributed by atoms with Gasteiger partial charge in [0.1, 0.15) is 10.0 Å². The molecule has 3 nitrogen and oxygen atoms in total. The van der Waals surface area contributed by atoms with Crippen LogP contribution in [0.4, 0.5) is 0 Å². The molecule has 1 atom stereocenters. The van der Waals surface area contributed by atoms with Crippen LogP contribution in [0.15, 0.2) is 0 Å². The summed E-state index contributed by atoms with van der Waals surface area (Å²) in [5, 5.41) is 4.03. The van der Waals surface area contributed by atoms with Gasteiger partial charge in [-0.3, -0.25) is 4.90 Å². The monoisotopic (exact) mass is 231 g/mol. The molecule has 0 radical (unpaired) electrons. The van der Waals surface area contributed by atoms with Crippen LogP contribution in [0, 0.1) is 5.92 Å². The van der Waals surface area contributed by atoms with Crippen LogP contribution in [0.25, 0.3) is 0 Å². The minimum Gasteiger partial charge on any atom is -0.297 e. The third-order valence-corrected chi connectivity index (χ3v) is 3.61. The lowest BCUT2D eigenvalue weighted by Crippen LogP contribution is -2.33. The summed E-state index contributed by atoms with van der Waals surface area (Å²) in [6.45, 7) is 5.48. The summed E-state index contributed by atoms with van der Waals surface area (Å²) in [6.07, 6.45) is 2.63. The lowest BCUT2D eigenvalue weighted by atomic mass is 10.0. The van der Waals surface area contributed by atoms with E-state index in [1.807, 2.05) is 0 Å². The number of hydrogen-bond acceptors (Lipinski definition) is 4. The molecular weight excluding hydrogens is 218 g/mol. The summed E-state index contributed by atoms with van der Waals surface area (Å²) in [6, 6.07) is 0. The molecule has 0 aliphatic carbocycles. The molecule has 2 rings (SSSR count). The van der Waals surface area contributed by atoms with Crippen molar-refractivity contribution in [3.05, 3.63) is 10.0 Å². The maximum absolute atomic E-state index is 5.96. The van der Waals surface area contributed by atoms with Crippen molar-refractivity contribution in [2.75, 3.05) is 13.1 Å². The van der Waals surface area contributed by atoms with Crippen molar-refractivity contribution < 1.29 is 0 Å². The summed E-state index contributed by atoms with van der Waals surface area (Å²) in [5.74, 6) is 0.800. The van der Waals surface area contributed by atoms with Gasteiger partial charge in [0.25, 0.3) is 0 Å². The Labute approximate surface area is 93.2 Å². The molecule has 1 aromatic heterocycles.